The minimum atomic E-state index is -3.42. The number of nitrogens with one attached hydrogen (secondary N) is 1. The number of benzene rings is 1. The van der Waals surface area contributed by atoms with Gasteiger partial charge in [0.1, 0.15) is 0 Å². The zero-order valence-electron chi connectivity index (χ0n) is 13.8. The number of hydrogen-bond donors (Lipinski definition) is 2. The Morgan fingerprint density at radius 3 is 2.38 bits per heavy atom. The van der Waals surface area contributed by atoms with Gasteiger partial charge in [0.05, 0.1) is 10.6 Å². The molecule has 134 valence electrons. The van der Waals surface area contributed by atoms with Gasteiger partial charge in [0, 0.05) is 18.0 Å². The third-order valence-corrected chi connectivity index (χ3v) is 6.73. The Bertz CT molecular complexity index is 653. The van der Waals surface area contributed by atoms with E-state index in [9.17, 15) is 13.2 Å². The fourth-order valence-corrected chi connectivity index (χ4v) is 4.53. The third-order valence-electron chi connectivity index (χ3n) is 4.75. The van der Waals surface area contributed by atoms with Crippen molar-refractivity contribution in [3.05, 3.63) is 29.3 Å². The maximum absolute atomic E-state index is 12.2. The van der Waals surface area contributed by atoms with Crippen LogP contribution >= 0.6 is 11.6 Å². The van der Waals surface area contributed by atoms with Crippen molar-refractivity contribution in [1.29, 1.82) is 0 Å². The van der Waals surface area contributed by atoms with E-state index in [0.717, 1.165) is 25.7 Å². The largest absolute Gasteiger partial charge is 0.355 e. The monoisotopic (exact) mass is 372 g/mol. The van der Waals surface area contributed by atoms with E-state index >= 15 is 0 Å². The third kappa shape index (κ3) is 5.19. The summed E-state index contributed by atoms with van der Waals surface area (Å²) in [6, 6.07) is 6.04. The topological polar surface area (TPSA) is 89.3 Å². The van der Waals surface area contributed by atoms with Gasteiger partial charge in [-0.15, -0.1) is 0 Å². The number of nitrogens with two attached hydrogens (primary N) is 1. The summed E-state index contributed by atoms with van der Waals surface area (Å²) in [5.41, 5.74) is 5.77. The Morgan fingerprint density at radius 1 is 1.17 bits per heavy atom. The highest BCUT2D eigenvalue weighted by Gasteiger charge is 2.32. The molecule has 0 atom stereocenters. The molecule has 0 unspecified atom stereocenters. The molecule has 0 bridgehead atoms. The number of halogens is 1. The first-order chi connectivity index (χ1) is 11.4. The summed E-state index contributed by atoms with van der Waals surface area (Å²) in [6.07, 6.45) is 5.73. The van der Waals surface area contributed by atoms with Gasteiger partial charge in [-0.3, -0.25) is 4.79 Å². The van der Waals surface area contributed by atoms with Crippen molar-refractivity contribution in [1.82, 2.24) is 5.32 Å². The fraction of sp³-hybridized carbons (Fsp3) is 0.588. The highest BCUT2D eigenvalue weighted by molar-refractivity contribution is 7.91. The molecule has 1 saturated carbocycles. The van der Waals surface area contributed by atoms with Gasteiger partial charge in [0.2, 0.25) is 5.91 Å². The predicted octanol–water partition coefficient (Wildman–Crippen LogP) is 2.53. The van der Waals surface area contributed by atoms with Crippen LogP contribution in [0.25, 0.3) is 0 Å². The SMILES string of the molecule is NCC1(CC(=O)NCCS(=O)(=O)c2ccc(Cl)cc2)CCCCC1. The number of carbonyl (C=O) groups is 1. The molecule has 1 amide bonds. The summed E-state index contributed by atoms with van der Waals surface area (Å²) in [4.78, 5) is 12.4. The molecule has 1 aliphatic carbocycles. The first-order valence-corrected chi connectivity index (χ1v) is 10.4. The normalized spacial score (nSPS) is 17.4. The highest BCUT2D eigenvalue weighted by Crippen LogP contribution is 2.38. The first-order valence-electron chi connectivity index (χ1n) is 8.32. The zero-order valence-corrected chi connectivity index (χ0v) is 15.3. The van der Waals surface area contributed by atoms with E-state index < -0.39 is 9.84 Å². The molecule has 0 spiro atoms. The molecule has 0 aliphatic heterocycles. The Morgan fingerprint density at radius 2 is 1.79 bits per heavy atom. The minimum absolute atomic E-state index is 0.102. The van der Waals surface area contributed by atoms with Crippen LogP contribution in [0.3, 0.4) is 0 Å². The Balaban J connectivity index is 1.84. The van der Waals surface area contributed by atoms with E-state index in [1.54, 1.807) is 12.1 Å². The highest BCUT2D eigenvalue weighted by atomic mass is 35.5. The van der Waals surface area contributed by atoms with Crippen LogP contribution < -0.4 is 11.1 Å². The van der Waals surface area contributed by atoms with Crippen molar-refractivity contribution < 1.29 is 13.2 Å². The molecule has 0 saturated heterocycles. The fourth-order valence-electron chi connectivity index (χ4n) is 3.24. The zero-order chi connectivity index (χ0) is 17.6. The summed E-state index contributed by atoms with van der Waals surface area (Å²) in [5, 5.41) is 3.21. The van der Waals surface area contributed by atoms with Crippen LogP contribution in [0.5, 0.6) is 0 Å². The molecular weight excluding hydrogens is 348 g/mol. The van der Waals surface area contributed by atoms with Crippen molar-refractivity contribution in [3.8, 4) is 0 Å². The second-order valence-electron chi connectivity index (χ2n) is 6.56. The lowest BCUT2D eigenvalue weighted by Crippen LogP contribution is -2.39. The summed E-state index contributed by atoms with van der Waals surface area (Å²) in [6.45, 7) is 0.605. The second-order valence-corrected chi connectivity index (χ2v) is 9.11. The van der Waals surface area contributed by atoms with E-state index in [2.05, 4.69) is 5.32 Å². The summed E-state index contributed by atoms with van der Waals surface area (Å²) >= 11 is 5.77. The van der Waals surface area contributed by atoms with Crippen LogP contribution in [0, 0.1) is 5.41 Å². The van der Waals surface area contributed by atoms with Gasteiger partial charge in [-0.05, 0) is 49.1 Å². The van der Waals surface area contributed by atoms with Gasteiger partial charge in [-0.1, -0.05) is 30.9 Å². The molecular formula is C17H25ClN2O3S. The quantitative estimate of drug-likeness (QED) is 0.769. The summed E-state index contributed by atoms with van der Waals surface area (Å²) in [7, 11) is -3.42. The minimum Gasteiger partial charge on any atom is -0.355 e. The molecule has 2 rings (SSSR count). The van der Waals surface area contributed by atoms with Gasteiger partial charge >= 0.3 is 0 Å². The molecule has 3 N–H and O–H groups in total. The van der Waals surface area contributed by atoms with Crippen LogP contribution in [0.15, 0.2) is 29.2 Å². The van der Waals surface area contributed by atoms with E-state index in [1.165, 1.54) is 18.6 Å². The lowest BCUT2D eigenvalue weighted by molar-refractivity contribution is -0.123. The Labute approximate surface area is 148 Å². The summed E-state index contributed by atoms with van der Waals surface area (Å²) < 4.78 is 24.4. The van der Waals surface area contributed by atoms with Crippen molar-refractivity contribution in [2.75, 3.05) is 18.8 Å². The van der Waals surface area contributed by atoms with Crippen LogP contribution in [0.4, 0.5) is 0 Å². The number of hydrogen-bond acceptors (Lipinski definition) is 4. The van der Waals surface area contributed by atoms with Gasteiger partial charge in [-0.2, -0.15) is 0 Å². The molecule has 0 aromatic heterocycles. The number of amides is 1. The van der Waals surface area contributed by atoms with Crippen molar-refractivity contribution in [3.63, 3.8) is 0 Å². The van der Waals surface area contributed by atoms with Crippen molar-refractivity contribution >= 4 is 27.3 Å². The average molecular weight is 373 g/mol. The van der Waals surface area contributed by atoms with Gasteiger partial charge in [0.25, 0.3) is 0 Å². The maximum atomic E-state index is 12.2. The van der Waals surface area contributed by atoms with E-state index in [0.29, 0.717) is 18.0 Å². The standard InChI is InChI=1S/C17H25ClN2O3S/c18-14-4-6-15(7-5-14)24(22,23)11-10-20-16(21)12-17(13-19)8-2-1-3-9-17/h4-7H,1-3,8-13,19H2,(H,20,21). The van der Waals surface area contributed by atoms with Gasteiger partial charge < -0.3 is 11.1 Å². The van der Waals surface area contributed by atoms with E-state index in [1.807, 2.05) is 0 Å². The smallest absolute Gasteiger partial charge is 0.220 e. The molecule has 0 radical (unpaired) electrons. The van der Waals surface area contributed by atoms with Crippen molar-refractivity contribution in [2.45, 2.75) is 43.4 Å². The second kappa shape index (κ2) is 8.32. The van der Waals surface area contributed by atoms with Gasteiger partial charge in [0.15, 0.2) is 9.84 Å². The maximum Gasteiger partial charge on any atom is 0.220 e. The predicted molar refractivity (Wildman–Crippen MR) is 95.7 cm³/mol. The van der Waals surface area contributed by atoms with Crippen molar-refractivity contribution in [2.24, 2.45) is 11.1 Å². The first kappa shape index (κ1) is 19.2. The van der Waals surface area contributed by atoms with E-state index in [4.69, 9.17) is 17.3 Å². The van der Waals surface area contributed by atoms with Crippen LogP contribution in [-0.4, -0.2) is 33.2 Å². The van der Waals surface area contributed by atoms with Gasteiger partial charge in [-0.25, -0.2) is 8.42 Å². The molecule has 1 aliphatic rings. The molecule has 1 fully saturated rings. The van der Waals surface area contributed by atoms with Crippen LogP contribution in [-0.2, 0) is 14.6 Å². The molecule has 0 heterocycles. The molecule has 1 aromatic rings. The number of sulfone groups is 1. The Kier molecular flexibility index (Phi) is 6.66. The molecule has 7 heteroatoms. The molecule has 24 heavy (non-hydrogen) atoms. The van der Waals surface area contributed by atoms with Crippen LogP contribution in [0.2, 0.25) is 5.02 Å². The number of carbonyl (C=O) groups excluding carboxylic acids is 1. The van der Waals surface area contributed by atoms with Crippen LogP contribution in [0.1, 0.15) is 38.5 Å². The Hall–Kier alpha value is -1.11. The van der Waals surface area contributed by atoms with E-state index in [-0.39, 0.29) is 28.5 Å². The lowest BCUT2D eigenvalue weighted by Gasteiger charge is -2.35. The molecule has 5 nitrogen and oxygen atoms in total. The average Bonchev–Trinajstić information content (AvgIpc) is 2.56. The number of rotatable bonds is 7. The lowest BCUT2D eigenvalue weighted by atomic mass is 9.72. The summed E-state index contributed by atoms with van der Waals surface area (Å²) in [5.74, 6) is -0.246. The molecule has 1 aromatic carbocycles.